The first-order valence-electron chi connectivity index (χ1n) is 8.04. The van der Waals surface area contributed by atoms with Crippen molar-refractivity contribution in [3.63, 3.8) is 0 Å². The summed E-state index contributed by atoms with van der Waals surface area (Å²) in [7, 11) is 0. The maximum Gasteiger partial charge on any atom is 0.410 e. The fraction of sp³-hybridized carbons (Fsp3) is 0.688. The fourth-order valence-corrected chi connectivity index (χ4v) is 2.65. The van der Waals surface area contributed by atoms with Crippen molar-refractivity contribution in [1.82, 2.24) is 15.1 Å². The third kappa shape index (κ3) is 6.22. The van der Waals surface area contributed by atoms with Crippen LogP contribution in [-0.2, 0) is 4.74 Å². The largest absolute Gasteiger partial charge is 0.444 e. The van der Waals surface area contributed by atoms with Gasteiger partial charge in [0.05, 0.1) is 0 Å². The van der Waals surface area contributed by atoms with Gasteiger partial charge >= 0.3 is 6.09 Å². The molecule has 1 amide bonds. The Morgan fingerprint density at radius 1 is 1.35 bits per heavy atom. The monoisotopic (exact) mass is 340 g/mol. The second-order valence-corrected chi connectivity index (χ2v) is 7.25. The number of anilines is 1. The third-order valence-corrected chi connectivity index (χ3v) is 3.96. The highest BCUT2D eigenvalue weighted by atomic mass is 35.5. The van der Waals surface area contributed by atoms with Crippen molar-refractivity contribution >= 4 is 23.5 Å². The molecule has 1 saturated heterocycles. The van der Waals surface area contributed by atoms with Crippen LogP contribution in [0.1, 0.15) is 40.0 Å². The number of nitrogens with one attached hydrogen (secondary N) is 1. The van der Waals surface area contributed by atoms with Gasteiger partial charge < -0.3 is 15.0 Å². The van der Waals surface area contributed by atoms with Crippen LogP contribution in [-0.4, -0.2) is 46.4 Å². The minimum Gasteiger partial charge on any atom is -0.444 e. The van der Waals surface area contributed by atoms with E-state index in [1.165, 1.54) is 0 Å². The van der Waals surface area contributed by atoms with Crippen LogP contribution in [0.5, 0.6) is 0 Å². The van der Waals surface area contributed by atoms with E-state index in [1.54, 1.807) is 11.0 Å². The summed E-state index contributed by atoms with van der Waals surface area (Å²) >= 11 is 5.70. The Kier molecular flexibility index (Phi) is 6.04. The predicted octanol–water partition coefficient (Wildman–Crippen LogP) is 3.58. The van der Waals surface area contributed by atoms with Crippen LogP contribution in [0.15, 0.2) is 12.1 Å². The molecule has 0 spiro atoms. The maximum atomic E-state index is 12.0. The van der Waals surface area contributed by atoms with Crippen LogP contribution < -0.4 is 5.32 Å². The van der Waals surface area contributed by atoms with Gasteiger partial charge in [-0.1, -0.05) is 11.6 Å². The molecule has 1 N–H and O–H groups in total. The van der Waals surface area contributed by atoms with Crippen LogP contribution in [0.3, 0.4) is 0 Å². The van der Waals surface area contributed by atoms with Crippen molar-refractivity contribution in [2.75, 3.05) is 25.0 Å². The van der Waals surface area contributed by atoms with E-state index in [2.05, 4.69) is 15.5 Å². The van der Waals surface area contributed by atoms with Gasteiger partial charge in [0.15, 0.2) is 5.15 Å². The number of ether oxygens (including phenoxy) is 1. The van der Waals surface area contributed by atoms with Crippen LogP contribution in [0.4, 0.5) is 10.6 Å². The SMILES string of the molecule is CC(C)(C)OC(=O)N1CCC(CCNc2ccc(Cl)nn2)CC1. The van der Waals surface area contributed by atoms with E-state index in [0.29, 0.717) is 11.1 Å². The van der Waals surface area contributed by atoms with Gasteiger partial charge in [-0.25, -0.2) is 4.79 Å². The molecular weight excluding hydrogens is 316 g/mol. The molecule has 0 saturated carbocycles. The number of halogens is 1. The standard InChI is InChI=1S/C16H25ClN4O2/c1-16(2,3)23-15(22)21-10-7-12(8-11-21)6-9-18-14-5-4-13(17)19-20-14/h4-5,12H,6-11H2,1-3H3,(H,18,20). The normalized spacial score (nSPS) is 16.3. The molecule has 7 heteroatoms. The Morgan fingerprint density at radius 2 is 2.04 bits per heavy atom. The van der Waals surface area contributed by atoms with Gasteiger partial charge in [-0.15, -0.1) is 10.2 Å². The van der Waals surface area contributed by atoms with Gasteiger partial charge in [-0.05, 0) is 58.1 Å². The summed E-state index contributed by atoms with van der Waals surface area (Å²) in [6.07, 6.45) is 2.86. The Labute approximate surface area is 142 Å². The number of carbonyl (C=O) groups excluding carboxylic acids is 1. The van der Waals surface area contributed by atoms with Crippen LogP contribution in [0, 0.1) is 5.92 Å². The molecule has 6 nitrogen and oxygen atoms in total. The summed E-state index contributed by atoms with van der Waals surface area (Å²) < 4.78 is 5.41. The summed E-state index contributed by atoms with van der Waals surface area (Å²) in [5.41, 5.74) is -0.433. The lowest BCUT2D eigenvalue weighted by Crippen LogP contribution is -2.41. The minimum absolute atomic E-state index is 0.203. The van der Waals surface area contributed by atoms with Crippen molar-refractivity contribution in [2.45, 2.75) is 45.6 Å². The lowest BCUT2D eigenvalue weighted by Gasteiger charge is -2.33. The molecular formula is C16H25ClN4O2. The Morgan fingerprint density at radius 3 is 2.61 bits per heavy atom. The van der Waals surface area contributed by atoms with E-state index < -0.39 is 5.60 Å². The zero-order chi connectivity index (χ0) is 16.9. The number of amides is 1. The number of hydrogen-bond donors (Lipinski definition) is 1. The first-order valence-corrected chi connectivity index (χ1v) is 8.42. The zero-order valence-corrected chi connectivity index (χ0v) is 14.8. The van der Waals surface area contributed by atoms with Crippen molar-refractivity contribution in [3.05, 3.63) is 17.3 Å². The van der Waals surface area contributed by atoms with Gasteiger partial charge in [0.1, 0.15) is 11.4 Å². The second-order valence-electron chi connectivity index (χ2n) is 6.87. The quantitative estimate of drug-likeness (QED) is 0.907. The van der Waals surface area contributed by atoms with Gasteiger partial charge in [0.2, 0.25) is 0 Å². The van der Waals surface area contributed by atoms with Crippen LogP contribution >= 0.6 is 11.6 Å². The van der Waals surface area contributed by atoms with Gasteiger partial charge in [0, 0.05) is 19.6 Å². The summed E-state index contributed by atoms with van der Waals surface area (Å²) in [5, 5.41) is 11.4. The molecule has 0 atom stereocenters. The molecule has 2 rings (SSSR count). The number of piperidine rings is 1. The van der Waals surface area contributed by atoms with Crippen molar-refractivity contribution in [1.29, 1.82) is 0 Å². The van der Waals surface area contributed by atoms with E-state index >= 15 is 0 Å². The molecule has 23 heavy (non-hydrogen) atoms. The molecule has 1 fully saturated rings. The summed E-state index contributed by atoms with van der Waals surface area (Å²) in [6, 6.07) is 3.54. The van der Waals surface area contributed by atoms with Crippen LogP contribution in [0.2, 0.25) is 5.15 Å². The Bertz CT molecular complexity index is 508. The molecule has 2 heterocycles. The number of likely N-dealkylation sites (tertiary alicyclic amines) is 1. The first kappa shape index (κ1) is 17.8. The van der Waals surface area contributed by atoms with Gasteiger partial charge in [-0.2, -0.15) is 0 Å². The number of nitrogens with zero attached hydrogens (tertiary/aromatic N) is 3. The van der Waals surface area contributed by atoms with E-state index in [9.17, 15) is 4.79 Å². The highest BCUT2D eigenvalue weighted by Crippen LogP contribution is 2.22. The van der Waals surface area contributed by atoms with Gasteiger partial charge in [0.25, 0.3) is 0 Å². The summed E-state index contributed by atoms with van der Waals surface area (Å²) in [4.78, 5) is 13.8. The highest BCUT2D eigenvalue weighted by Gasteiger charge is 2.26. The summed E-state index contributed by atoms with van der Waals surface area (Å²) in [5.74, 6) is 1.35. The number of hydrogen-bond acceptors (Lipinski definition) is 5. The number of carbonyl (C=O) groups is 1. The fourth-order valence-electron chi connectivity index (χ4n) is 2.55. The molecule has 0 aliphatic carbocycles. The van der Waals surface area contributed by atoms with E-state index in [4.69, 9.17) is 16.3 Å². The molecule has 0 radical (unpaired) electrons. The molecule has 1 aliphatic rings. The van der Waals surface area contributed by atoms with Crippen molar-refractivity contribution < 1.29 is 9.53 Å². The maximum absolute atomic E-state index is 12.0. The molecule has 1 aromatic heterocycles. The third-order valence-electron chi connectivity index (χ3n) is 3.76. The van der Waals surface area contributed by atoms with E-state index in [-0.39, 0.29) is 6.09 Å². The average Bonchev–Trinajstić information content (AvgIpc) is 2.48. The van der Waals surface area contributed by atoms with E-state index in [1.807, 2.05) is 26.8 Å². The smallest absolute Gasteiger partial charge is 0.410 e. The molecule has 0 bridgehead atoms. The molecule has 1 aliphatic heterocycles. The van der Waals surface area contributed by atoms with E-state index in [0.717, 1.165) is 44.7 Å². The molecule has 128 valence electrons. The van der Waals surface area contributed by atoms with Crippen molar-refractivity contribution in [2.24, 2.45) is 5.92 Å². The zero-order valence-electron chi connectivity index (χ0n) is 14.0. The molecule has 0 aromatic carbocycles. The first-order chi connectivity index (χ1) is 10.8. The van der Waals surface area contributed by atoms with Gasteiger partial charge in [-0.3, -0.25) is 0 Å². The summed E-state index contributed by atoms with van der Waals surface area (Å²) in [6.45, 7) is 8.04. The average molecular weight is 341 g/mol. The predicted molar refractivity (Wildman–Crippen MR) is 90.7 cm³/mol. The van der Waals surface area contributed by atoms with Crippen molar-refractivity contribution in [3.8, 4) is 0 Å². The lowest BCUT2D eigenvalue weighted by molar-refractivity contribution is 0.0182. The highest BCUT2D eigenvalue weighted by molar-refractivity contribution is 6.29. The Hall–Kier alpha value is -1.56. The number of rotatable bonds is 4. The topological polar surface area (TPSA) is 67.3 Å². The van der Waals surface area contributed by atoms with Crippen LogP contribution in [0.25, 0.3) is 0 Å². The lowest BCUT2D eigenvalue weighted by atomic mass is 9.94. The number of aromatic nitrogens is 2. The minimum atomic E-state index is -0.433. The molecule has 1 aromatic rings. The Balaban J connectivity index is 1.66. The molecule has 0 unspecified atom stereocenters. The second kappa shape index (κ2) is 7.81.